The van der Waals surface area contributed by atoms with E-state index in [-0.39, 0.29) is 17.4 Å². The number of nitrogens with two attached hydrogens (primary N) is 2. The van der Waals surface area contributed by atoms with Gasteiger partial charge in [-0.25, -0.2) is 9.07 Å². The zero-order valence-corrected chi connectivity index (χ0v) is 10.7. The normalized spacial score (nSPS) is 12.4. The number of halogens is 1. The summed E-state index contributed by atoms with van der Waals surface area (Å²) in [5, 5.41) is 4.06. The molecule has 1 heterocycles. The van der Waals surface area contributed by atoms with E-state index in [1.807, 2.05) is 0 Å². The number of aromatic nitrogens is 2. The van der Waals surface area contributed by atoms with Crippen LogP contribution >= 0.6 is 0 Å². The van der Waals surface area contributed by atoms with Crippen LogP contribution < -0.4 is 11.5 Å². The molecule has 0 spiro atoms. The fraction of sp³-hybridized carbons (Fsp3) is 0.231. The lowest BCUT2D eigenvalue weighted by molar-refractivity contribution is 0.100. The highest BCUT2D eigenvalue weighted by Gasteiger charge is 2.14. The molecular formula is C13H15FN4O. The predicted octanol–water partition coefficient (Wildman–Crippen LogP) is 1.44. The molecule has 0 aliphatic rings. The number of rotatable bonds is 3. The number of hydrogen-bond donors (Lipinski definition) is 2. The molecule has 4 N–H and O–H groups in total. The van der Waals surface area contributed by atoms with Crippen LogP contribution in [0, 0.1) is 12.7 Å². The average Bonchev–Trinajstić information content (AvgIpc) is 2.81. The van der Waals surface area contributed by atoms with Gasteiger partial charge in [-0.15, -0.1) is 0 Å². The van der Waals surface area contributed by atoms with Crippen molar-refractivity contribution in [2.24, 2.45) is 11.5 Å². The van der Waals surface area contributed by atoms with E-state index in [1.54, 1.807) is 19.9 Å². The SMILES string of the molecule is Cc1cc(-n2cc(C(N)=O)cn2)c(C(C)N)cc1F. The topological polar surface area (TPSA) is 86.9 Å². The lowest BCUT2D eigenvalue weighted by Crippen LogP contribution is -2.12. The molecule has 6 heteroatoms. The molecule has 0 bridgehead atoms. The molecule has 0 aliphatic carbocycles. The first-order valence-corrected chi connectivity index (χ1v) is 5.80. The van der Waals surface area contributed by atoms with E-state index >= 15 is 0 Å². The Labute approximate surface area is 110 Å². The molecule has 2 rings (SSSR count). The molecule has 1 aromatic carbocycles. The second kappa shape index (κ2) is 4.81. The van der Waals surface area contributed by atoms with Gasteiger partial charge in [0.2, 0.25) is 0 Å². The van der Waals surface area contributed by atoms with Crippen LogP contribution in [0.25, 0.3) is 5.69 Å². The third kappa shape index (κ3) is 2.48. The summed E-state index contributed by atoms with van der Waals surface area (Å²) in [4.78, 5) is 11.1. The minimum Gasteiger partial charge on any atom is -0.366 e. The maximum atomic E-state index is 13.6. The van der Waals surface area contributed by atoms with Crippen molar-refractivity contribution in [3.05, 3.63) is 47.0 Å². The van der Waals surface area contributed by atoms with Gasteiger partial charge in [0.05, 0.1) is 17.4 Å². The standard InChI is InChI=1S/C13H15FN4O/c1-7-3-12(10(8(2)15)4-11(7)14)18-6-9(5-17-18)13(16)19/h3-6,8H,15H2,1-2H3,(H2,16,19). The molecule has 1 unspecified atom stereocenters. The minimum absolute atomic E-state index is 0.289. The molecule has 5 nitrogen and oxygen atoms in total. The van der Waals surface area contributed by atoms with Gasteiger partial charge in [0.25, 0.3) is 5.91 Å². The van der Waals surface area contributed by atoms with Crippen molar-refractivity contribution in [3.63, 3.8) is 0 Å². The van der Waals surface area contributed by atoms with Gasteiger partial charge in [-0.1, -0.05) is 0 Å². The van der Waals surface area contributed by atoms with E-state index in [0.717, 1.165) is 0 Å². The predicted molar refractivity (Wildman–Crippen MR) is 69.4 cm³/mol. The Morgan fingerprint density at radius 1 is 1.47 bits per heavy atom. The summed E-state index contributed by atoms with van der Waals surface area (Å²) in [6, 6.07) is 2.68. The van der Waals surface area contributed by atoms with Crippen molar-refractivity contribution < 1.29 is 9.18 Å². The molecular weight excluding hydrogens is 247 g/mol. The molecule has 0 radical (unpaired) electrons. The Morgan fingerprint density at radius 2 is 2.16 bits per heavy atom. The molecule has 100 valence electrons. The summed E-state index contributed by atoms with van der Waals surface area (Å²) in [5.41, 5.74) is 13.0. The first-order chi connectivity index (χ1) is 8.90. The van der Waals surface area contributed by atoms with Crippen LogP contribution in [-0.4, -0.2) is 15.7 Å². The molecule has 0 aliphatic heterocycles. The van der Waals surface area contributed by atoms with Crippen molar-refractivity contribution >= 4 is 5.91 Å². The van der Waals surface area contributed by atoms with E-state index in [1.165, 1.54) is 23.1 Å². The van der Waals surface area contributed by atoms with Gasteiger partial charge in [-0.05, 0) is 37.1 Å². The number of carbonyl (C=O) groups excluding carboxylic acids is 1. The van der Waals surface area contributed by atoms with Crippen molar-refractivity contribution in [1.82, 2.24) is 9.78 Å². The van der Waals surface area contributed by atoms with Gasteiger partial charge in [0, 0.05) is 12.2 Å². The smallest absolute Gasteiger partial charge is 0.251 e. The van der Waals surface area contributed by atoms with E-state index in [9.17, 15) is 9.18 Å². The Bertz CT molecular complexity index is 634. The van der Waals surface area contributed by atoms with Crippen LogP contribution in [0.4, 0.5) is 4.39 Å². The number of hydrogen-bond acceptors (Lipinski definition) is 3. The van der Waals surface area contributed by atoms with E-state index < -0.39 is 5.91 Å². The van der Waals surface area contributed by atoms with Crippen molar-refractivity contribution in [3.8, 4) is 5.69 Å². The molecule has 0 saturated carbocycles. The first-order valence-electron chi connectivity index (χ1n) is 5.80. The summed E-state index contributed by atoms with van der Waals surface area (Å²) in [7, 11) is 0. The highest BCUT2D eigenvalue weighted by molar-refractivity contribution is 5.92. The third-order valence-corrected chi connectivity index (χ3v) is 2.91. The van der Waals surface area contributed by atoms with E-state index in [0.29, 0.717) is 16.8 Å². The van der Waals surface area contributed by atoms with Crippen LogP contribution in [0.1, 0.15) is 34.5 Å². The Balaban J connectivity index is 2.59. The molecule has 0 saturated heterocycles. The fourth-order valence-corrected chi connectivity index (χ4v) is 1.83. The van der Waals surface area contributed by atoms with Crippen molar-refractivity contribution in [1.29, 1.82) is 0 Å². The molecule has 1 atom stereocenters. The van der Waals surface area contributed by atoms with Crippen molar-refractivity contribution in [2.75, 3.05) is 0 Å². The van der Waals surface area contributed by atoms with Crippen molar-refractivity contribution in [2.45, 2.75) is 19.9 Å². The van der Waals surface area contributed by atoms with E-state index in [4.69, 9.17) is 11.5 Å². The number of amides is 1. The average molecular weight is 262 g/mol. The maximum absolute atomic E-state index is 13.6. The lowest BCUT2D eigenvalue weighted by atomic mass is 10.0. The number of carbonyl (C=O) groups is 1. The van der Waals surface area contributed by atoms with Crippen LogP contribution in [0.3, 0.4) is 0 Å². The lowest BCUT2D eigenvalue weighted by Gasteiger charge is -2.14. The Kier molecular flexibility index (Phi) is 3.35. The van der Waals surface area contributed by atoms with Gasteiger partial charge in [0.15, 0.2) is 0 Å². The highest BCUT2D eigenvalue weighted by Crippen LogP contribution is 2.23. The monoisotopic (exact) mass is 262 g/mol. The largest absolute Gasteiger partial charge is 0.366 e. The highest BCUT2D eigenvalue weighted by atomic mass is 19.1. The molecule has 2 aromatic rings. The molecule has 0 fully saturated rings. The van der Waals surface area contributed by atoms with Crippen LogP contribution in [0.15, 0.2) is 24.5 Å². The number of benzene rings is 1. The summed E-state index contributed by atoms with van der Waals surface area (Å²) >= 11 is 0. The summed E-state index contributed by atoms with van der Waals surface area (Å²) < 4.78 is 15.1. The zero-order valence-electron chi connectivity index (χ0n) is 10.7. The quantitative estimate of drug-likeness (QED) is 0.877. The number of primary amides is 1. The Hall–Kier alpha value is -2.21. The van der Waals surface area contributed by atoms with Gasteiger partial charge < -0.3 is 11.5 Å². The maximum Gasteiger partial charge on any atom is 0.251 e. The van der Waals surface area contributed by atoms with Gasteiger partial charge >= 0.3 is 0 Å². The summed E-state index contributed by atoms with van der Waals surface area (Å²) in [5.74, 6) is -0.884. The van der Waals surface area contributed by atoms with Crippen LogP contribution in [0.2, 0.25) is 0 Å². The van der Waals surface area contributed by atoms with Gasteiger partial charge in [-0.2, -0.15) is 5.10 Å². The number of nitrogens with zero attached hydrogens (tertiary/aromatic N) is 2. The Morgan fingerprint density at radius 3 is 2.68 bits per heavy atom. The van der Waals surface area contributed by atoms with E-state index in [2.05, 4.69) is 5.10 Å². The third-order valence-electron chi connectivity index (χ3n) is 2.91. The number of aryl methyl sites for hydroxylation is 1. The zero-order chi connectivity index (χ0) is 14.2. The molecule has 1 amide bonds. The molecule has 1 aromatic heterocycles. The minimum atomic E-state index is -0.563. The fourth-order valence-electron chi connectivity index (χ4n) is 1.83. The summed E-state index contributed by atoms with van der Waals surface area (Å²) in [6.45, 7) is 3.41. The van der Waals surface area contributed by atoms with Gasteiger partial charge in [-0.3, -0.25) is 4.79 Å². The van der Waals surface area contributed by atoms with Crippen LogP contribution in [0.5, 0.6) is 0 Å². The van der Waals surface area contributed by atoms with Gasteiger partial charge in [0.1, 0.15) is 5.82 Å². The summed E-state index contributed by atoms with van der Waals surface area (Å²) in [6.07, 6.45) is 2.87. The second-order valence-electron chi connectivity index (χ2n) is 4.49. The molecule has 19 heavy (non-hydrogen) atoms. The second-order valence-corrected chi connectivity index (χ2v) is 4.49. The first kappa shape index (κ1) is 13.2. The van der Waals surface area contributed by atoms with Crippen LogP contribution in [-0.2, 0) is 0 Å².